The Morgan fingerprint density at radius 2 is 1.83 bits per heavy atom. The van der Waals surface area contributed by atoms with Gasteiger partial charge in [-0.05, 0) is 48.0 Å². The molecule has 4 aromatic rings. The van der Waals surface area contributed by atoms with E-state index in [0.29, 0.717) is 6.42 Å². The van der Waals surface area contributed by atoms with Crippen molar-refractivity contribution in [2.24, 2.45) is 0 Å². The molecule has 2 aromatic carbocycles. The van der Waals surface area contributed by atoms with Gasteiger partial charge >= 0.3 is 0 Å². The Hall–Kier alpha value is -3.45. The fourth-order valence-corrected chi connectivity index (χ4v) is 3.78. The van der Waals surface area contributed by atoms with Crippen LogP contribution in [0.3, 0.4) is 0 Å². The summed E-state index contributed by atoms with van der Waals surface area (Å²) in [5.41, 5.74) is 4.69. The summed E-state index contributed by atoms with van der Waals surface area (Å²) in [6.07, 6.45) is 3.97. The number of pyridine rings is 1. The standard InChI is InChI=1S/C22H20N4O2S/c1-3-21(27)24-16-5-7-17(8-6-16)25-22-26-19-9-4-14(11-20(19)29-22)15-10-18(28-2)13-23-12-15/h4-13H,3H2,1-2H3,(H,24,27)(H,25,26). The van der Waals surface area contributed by atoms with Crippen molar-refractivity contribution >= 4 is 44.0 Å². The summed E-state index contributed by atoms with van der Waals surface area (Å²) in [6, 6.07) is 15.7. The molecule has 0 fully saturated rings. The molecule has 7 heteroatoms. The molecule has 0 spiro atoms. The number of ether oxygens (including phenoxy) is 1. The number of hydrogen-bond donors (Lipinski definition) is 2. The van der Waals surface area contributed by atoms with Crippen LogP contribution in [0.4, 0.5) is 16.5 Å². The number of nitrogens with zero attached hydrogens (tertiary/aromatic N) is 2. The van der Waals surface area contributed by atoms with E-state index in [9.17, 15) is 4.79 Å². The van der Waals surface area contributed by atoms with Crippen molar-refractivity contribution in [3.63, 3.8) is 0 Å². The number of hydrogen-bond acceptors (Lipinski definition) is 6. The summed E-state index contributed by atoms with van der Waals surface area (Å²) in [5.74, 6) is 0.728. The van der Waals surface area contributed by atoms with Crippen LogP contribution in [0.1, 0.15) is 13.3 Å². The zero-order chi connectivity index (χ0) is 20.2. The second kappa shape index (κ2) is 8.28. The third kappa shape index (κ3) is 4.35. The molecule has 0 unspecified atom stereocenters. The molecule has 146 valence electrons. The zero-order valence-corrected chi connectivity index (χ0v) is 16.9. The molecule has 6 nitrogen and oxygen atoms in total. The van der Waals surface area contributed by atoms with Crippen LogP contribution in [-0.4, -0.2) is 23.0 Å². The molecule has 0 aliphatic carbocycles. The topological polar surface area (TPSA) is 76.1 Å². The van der Waals surface area contributed by atoms with Gasteiger partial charge in [0.25, 0.3) is 0 Å². The van der Waals surface area contributed by atoms with Gasteiger partial charge in [-0.25, -0.2) is 4.98 Å². The fourth-order valence-electron chi connectivity index (χ4n) is 2.86. The molecule has 0 atom stereocenters. The molecule has 2 N–H and O–H groups in total. The average Bonchev–Trinajstić information content (AvgIpc) is 3.16. The molecular formula is C22H20N4O2S. The third-order valence-corrected chi connectivity index (χ3v) is 5.35. The Kier molecular flexibility index (Phi) is 5.39. The lowest BCUT2D eigenvalue weighted by atomic mass is 10.1. The van der Waals surface area contributed by atoms with E-state index in [-0.39, 0.29) is 5.91 Å². The van der Waals surface area contributed by atoms with Crippen molar-refractivity contribution in [1.29, 1.82) is 0 Å². The zero-order valence-electron chi connectivity index (χ0n) is 16.1. The van der Waals surface area contributed by atoms with Crippen LogP contribution in [0, 0.1) is 0 Å². The second-order valence-corrected chi connectivity index (χ2v) is 7.45. The van der Waals surface area contributed by atoms with Crippen LogP contribution in [-0.2, 0) is 4.79 Å². The molecule has 0 aliphatic heterocycles. The van der Waals surface area contributed by atoms with Gasteiger partial charge in [0.15, 0.2) is 5.13 Å². The molecule has 0 aliphatic rings. The maximum atomic E-state index is 11.5. The summed E-state index contributed by atoms with van der Waals surface area (Å²) >= 11 is 1.59. The van der Waals surface area contributed by atoms with Gasteiger partial charge in [-0.3, -0.25) is 9.78 Å². The molecule has 0 radical (unpaired) electrons. The van der Waals surface area contributed by atoms with Crippen LogP contribution < -0.4 is 15.4 Å². The number of aromatic nitrogens is 2. The number of carbonyl (C=O) groups is 1. The van der Waals surface area contributed by atoms with Crippen molar-refractivity contribution in [2.75, 3.05) is 17.7 Å². The van der Waals surface area contributed by atoms with E-state index in [0.717, 1.165) is 43.6 Å². The van der Waals surface area contributed by atoms with E-state index in [1.807, 2.05) is 55.6 Å². The van der Waals surface area contributed by atoms with Gasteiger partial charge in [0.2, 0.25) is 5.91 Å². The van der Waals surface area contributed by atoms with E-state index >= 15 is 0 Å². The number of anilines is 3. The molecule has 1 amide bonds. The lowest BCUT2D eigenvalue weighted by molar-refractivity contribution is -0.115. The van der Waals surface area contributed by atoms with Gasteiger partial charge in [-0.15, -0.1) is 0 Å². The van der Waals surface area contributed by atoms with E-state index in [1.165, 1.54) is 0 Å². The number of benzene rings is 2. The first-order chi connectivity index (χ1) is 14.1. The Bertz CT molecular complexity index is 1160. The highest BCUT2D eigenvalue weighted by Gasteiger charge is 2.08. The predicted molar refractivity (Wildman–Crippen MR) is 118 cm³/mol. The molecular weight excluding hydrogens is 384 g/mol. The SMILES string of the molecule is CCC(=O)Nc1ccc(Nc2nc3ccc(-c4cncc(OC)c4)cc3s2)cc1. The van der Waals surface area contributed by atoms with E-state index in [4.69, 9.17) is 4.74 Å². The van der Waals surface area contributed by atoms with Crippen molar-refractivity contribution in [3.8, 4) is 16.9 Å². The number of nitrogens with one attached hydrogen (secondary N) is 2. The van der Waals surface area contributed by atoms with Crippen molar-refractivity contribution < 1.29 is 9.53 Å². The maximum absolute atomic E-state index is 11.5. The fraction of sp³-hybridized carbons (Fsp3) is 0.136. The number of fused-ring (bicyclic) bond motifs is 1. The van der Waals surface area contributed by atoms with Crippen LogP contribution in [0.5, 0.6) is 5.75 Å². The Morgan fingerprint density at radius 3 is 2.59 bits per heavy atom. The van der Waals surface area contributed by atoms with Gasteiger partial charge in [0, 0.05) is 29.6 Å². The first-order valence-electron chi connectivity index (χ1n) is 9.21. The highest BCUT2D eigenvalue weighted by molar-refractivity contribution is 7.22. The normalized spacial score (nSPS) is 10.7. The molecule has 0 saturated heterocycles. The Morgan fingerprint density at radius 1 is 1.03 bits per heavy atom. The first-order valence-corrected chi connectivity index (χ1v) is 10.0. The van der Waals surface area contributed by atoms with Crippen LogP contribution in [0.2, 0.25) is 0 Å². The van der Waals surface area contributed by atoms with Gasteiger partial charge < -0.3 is 15.4 Å². The summed E-state index contributed by atoms with van der Waals surface area (Å²) in [6.45, 7) is 1.83. The lowest BCUT2D eigenvalue weighted by Crippen LogP contribution is -2.09. The number of rotatable bonds is 6. The highest BCUT2D eigenvalue weighted by atomic mass is 32.1. The minimum Gasteiger partial charge on any atom is -0.495 e. The van der Waals surface area contributed by atoms with Crippen molar-refractivity contribution in [2.45, 2.75) is 13.3 Å². The monoisotopic (exact) mass is 404 g/mol. The number of carbonyl (C=O) groups excluding carboxylic acids is 1. The molecule has 0 saturated carbocycles. The van der Waals surface area contributed by atoms with E-state index in [2.05, 4.69) is 26.7 Å². The van der Waals surface area contributed by atoms with Gasteiger partial charge in [0.05, 0.1) is 23.5 Å². The largest absolute Gasteiger partial charge is 0.495 e. The molecule has 2 aromatic heterocycles. The summed E-state index contributed by atoms with van der Waals surface area (Å²) in [7, 11) is 1.63. The second-order valence-electron chi connectivity index (χ2n) is 6.42. The molecule has 4 rings (SSSR count). The van der Waals surface area contributed by atoms with E-state index < -0.39 is 0 Å². The number of thiazole rings is 1. The molecule has 29 heavy (non-hydrogen) atoms. The van der Waals surface area contributed by atoms with Gasteiger partial charge in [-0.1, -0.05) is 24.3 Å². The highest BCUT2D eigenvalue weighted by Crippen LogP contribution is 2.32. The van der Waals surface area contributed by atoms with Crippen molar-refractivity contribution in [3.05, 3.63) is 60.9 Å². The minimum atomic E-state index is -0.000998. The molecule has 0 bridgehead atoms. The van der Waals surface area contributed by atoms with Crippen LogP contribution >= 0.6 is 11.3 Å². The average molecular weight is 404 g/mol. The minimum absolute atomic E-state index is 0.000998. The summed E-state index contributed by atoms with van der Waals surface area (Å²) < 4.78 is 6.35. The van der Waals surface area contributed by atoms with Crippen molar-refractivity contribution in [1.82, 2.24) is 9.97 Å². The van der Waals surface area contributed by atoms with Crippen LogP contribution in [0.15, 0.2) is 60.9 Å². The van der Waals surface area contributed by atoms with Crippen LogP contribution in [0.25, 0.3) is 21.3 Å². The predicted octanol–water partition coefficient (Wildman–Crippen LogP) is 5.46. The quantitative estimate of drug-likeness (QED) is 0.446. The number of methoxy groups -OCH3 is 1. The first kappa shape index (κ1) is 18.9. The van der Waals surface area contributed by atoms with E-state index in [1.54, 1.807) is 24.6 Å². The maximum Gasteiger partial charge on any atom is 0.224 e. The Balaban J connectivity index is 1.54. The van der Waals surface area contributed by atoms with Gasteiger partial charge in [0.1, 0.15) is 5.75 Å². The summed E-state index contributed by atoms with van der Waals surface area (Å²) in [4.78, 5) is 20.4. The third-order valence-electron chi connectivity index (χ3n) is 4.41. The summed E-state index contributed by atoms with van der Waals surface area (Å²) in [5, 5.41) is 6.98. The lowest BCUT2D eigenvalue weighted by Gasteiger charge is -2.06. The molecule has 2 heterocycles. The Labute approximate surface area is 172 Å². The van der Waals surface area contributed by atoms with Gasteiger partial charge in [-0.2, -0.15) is 0 Å². The smallest absolute Gasteiger partial charge is 0.224 e. The number of amides is 1.